The van der Waals surface area contributed by atoms with Crippen molar-refractivity contribution < 1.29 is 0 Å². The SMILES string of the molecule is CCCCCC=CCC=CCCCCCCCC(CCCCC)N(C)C. The molecule has 0 rings (SSSR count). The van der Waals surface area contributed by atoms with E-state index in [4.69, 9.17) is 0 Å². The molecule has 0 aliphatic heterocycles. The first-order valence-electron chi connectivity index (χ1n) is 11.7. The lowest BCUT2D eigenvalue weighted by molar-refractivity contribution is 0.252. The normalized spacial score (nSPS) is 13.4. The Hall–Kier alpha value is -0.560. The van der Waals surface area contributed by atoms with E-state index in [0.717, 1.165) is 12.5 Å². The van der Waals surface area contributed by atoms with Crippen molar-refractivity contribution in [2.24, 2.45) is 0 Å². The summed E-state index contributed by atoms with van der Waals surface area (Å²) >= 11 is 0. The smallest absolute Gasteiger partial charge is 0.00891 e. The van der Waals surface area contributed by atoms with Crippen molar-refractivity contribution in [3.05, 3.63) is 24.3 Å². The van der Waals surface area contributed by atoms with Crippen molar-refractivity contribution in [1.82, 2.24) is 4.90 Å². The molecular formula is C25H49N. The minimum atomic E-state index is 0.805. The number of rotatable bonds is 19. The van der Waals surface area contributed by atoms with Crippen molar-refractivity contribution in [3.63, 3.8) is 0 Å². The van der Waals surface area contributed by atoms with Crippen LogP contribution in [0, 0.1) is 0 Å². The van der Waals surface area contributed by atoms with Gasteiger partial charge in [-0.25, -0.2) is 0 Å². The molecule has 0 saturated carbocycles. The Bertz CT molecular complexity index is 316. The van der Waals surface area contributed by atoms with Gasteiger partial charge < -0.3 is 4.90 Å². The molecule has 154 valence electrons. The molecule has 0 radical (unpaired) electrons. The molecule has 0 spiro atoms. The van der Waals surface area contributed by atoms with Gasteiger partial charge in [0.15, 0.2) is 0 Å². The van der Waals surface area contributed by atoms with Crippen LogP contribution in [0.2, 0.25) is 0 Å². The molecule has 26 heavy (non-hydrogen) atoms. The first-order valence-corrected chi connectivity index (χ1v) is 11.7. The van der Waals surface area contributed by atoms with Crippen LogP contribution in [-0.4, -0.2) is 25.0 Å². The topological polar surface area (TPSA) is 3.24 Å². The lowest BCUT2D eigenvalue weighted by Crippen LogP contribution is -2.27. The average Bonchev–Trinajstić information content (AvgIpc) is 2.63. The maximum absolute atomic E-state index is 2.44. The second kappa shape index (κ2) is 20.7. The van der Waals surface area contributed by atoms with Crippen molar-refractivity contribution in [3.8, 4) is 0 Å². The van der Waals surface area contributed by atoms with E-state index in [9.17, 15) is 0 Å². The Morgan fingerprint density at radius 1 is 0.577 bits per heavy atom. The van der Waals surface area contributed by atoms with Crippen LogP contribution >= 0.6 is 0 Å². The van der Waals surface area contributed by atoms with Crippen LogP contribution in [0.1, 0.15) is 117 Å². The Morgan fingerprint density at radius 3 is 1.62 bits per heavy atom. The van der Waals surface area contributed by atoms with Crippen LogP contribution in [0.15, 0.2) is 24.3 Å². The highest BCUT2D eigenvalue weighted by Crippen LogP contribution is 2.16. The van der Waals surface area contributed by atoms with E-state index >= 15 is 0 Å². The van der Waals surface area contributed by atoms with Gasteiger partial charge in [0, 0.05) is 6.04 Å². The molecule has 0 saturated heterocycles. The van der Waals surface area contributed by atoms with Crippen LogP contribution in [0.5, 0.6) is 0 Å². The number of nitrogens with zero attached hydrogens (tertiary/aromatic N) is 1. The van der Waals surface area contributed by atoms with Gasteiger partial charge in [0.05, 0.1) is 0 Å². The number of hydrogen-bond acceptors (Lipinski definition) is 1. The van der Waals surface area contributed by atoms with Gasteiger partial charge in [0.2, 0.25) is 0 Å². The highest BCUT2D eigenvalue weighted by molar-refractivity contribution is 4.92. The fourth-order valence-electron chi connectivity index (χ4n) is 3.48. The molecule has 0 N–H and O–H groups in total. The zero-order valence-electron chi connectivity index (χ0n) is 18.6. The summed E-state index contributed by atoms with van der Waals surface area (Å²) in [5.74, 6) is 0. The van der Waals surface area contributed by atoms with E-state index < -0.39 is 0 Å². The van der Waals surface area contributed by atoms with Gasteiger partial charge in [0.1, 0.15) is 0 Å². The van der Waals surface area contributed by atoms with Crippen LogP contribution < -0.4 is 0 Å². The van der Waals surface area contributed by atoms with E-state index in [-0.39, 0.29) is 0 Å². The highest BCUT2D eigenvalue weighted by atomic mass is 15.1. The monoisotopic (exact) mass is 363 g/mol. The fourth-order valence-corrected chi connectivity index (χ4v) is 3.48. The third kappa shape index (κ3) is 18.2. The summed E-state index contributed by atoms with van der Waals surface area (Å²) in [5.41, 5.74) is 0. The summed E-state index contributed by atoms with van der Waals surface area (Å²) in [4.78, 5) is 2.44. The zero-order valence-corrected chi connectivity index (χ0v) is 18.6. The molecule has 0 amide bonds. The Balaban J connectivity index is 3.44. The first kappa shape index (κ1) is 25.4. The van der Waals surface area contributed by atoms with Crippen LogP contribution in [0.25, 0.3) is 0 Å². The van der Waals surface area contributed by atoms with Gasteiger partial charge in [0.25, 0.3) is 0 Å². The van der Waals surface area contributed by atoms with Crippen LogP contribution in [0.3, 0.4) is 0 Å². The van der Waals surface area contributed by atoms with E-state index in [0.29, 0.717) is 0 Å². The molecule has 0 aromatic rings. The average molecular weight is 364 g/mol. The fraction of sp³-hybridized carbons (Fsp3) is 0.840. The minimum absolute atomic E-state index is 0.805. The predicted molar refractivity (Wildman–Crippen MR) is 121 cm³/mol. The molecule has 0 bridgehead atoms. The largest absolute Gasteiger partial charge is 0.306 e. The van der Waals surface area contributed by atoms with Crippen molar-refractivity contribution in [1.29, 1.82) is 0 Å². The zero-order chi connectivity index (χ0) is 19.3. The van der Waals surface area contributed by atoms with E-state index in [1.54, 1.807) is 0 Å². The second-order valence-corrected chi connectivity index (χ2v) is 8.13. The highest BCUT2D eigenvalue weighted by Gasteiger charge is 2.10. The molecule has 0 heterocycles. The van der Waals surface area contributed by atoms with E-state index in [1.165, 1.54) is 96.3 Å². The van der Waals surface area contributed by atoms with Gasteiger partial charge in [-0.15, -0.1) is 0 Å². The van der Waals surface area contributed by atoms with Gasteiger partial charge in [-0.05, 0) is 59.0 Å². The Kier molecular flexibility index (Phi) is 20.3. The summed E-state index contributed by atoms with van der Waals surface area (Å²) < 4.78 is 0. The lowest BCUT2D eigenvalue weighted by atomic mass is 10.00. The minimum Gasteiger partial charge on any atom is -0.306 e. The summed E-state index contributed by atoms with van der Waals surface area (Å²) in [6.45, 7) is 4.56. The summed E-state index contributed by atoms with van der Waals surface area (Å²) in [6.07, 6.45) is 31.0. The standard InChI is InChI=1S/C25H49N/c1-5-7-9-10-11-12-13-14-15-16-17-18-19-20-22-24-25(26(3)4)23-21-8-6-2/h11-12,14-15,25H,5-10,13,16-24H2,1-4H3. The Morgan fingerprint density at radius 2 is 1.04 bits per heavy atom. The van der Waals surface area contributed by atoms with Crippen molar-refractivity contribution in [2.45, 2.75) is 123 Å². The molecule has 0 aromatic heterocycles. The molecule has 0 aliphatic rings. The van der Waals surface area contributed by atoms with Gasteiger partial charge in [-0.3, -0.25) is 0 Å². The van der Waals surface area contributed by atoms with Gasteiger partial charge in [-0.1, -0.05) is 95.9 Å². The lowest BCUT2D eigenvalue weighted by Gasteiger charge is -2.24. The third-order valence-electron chi connectivity index (χ3n) is 5.36. The summed E-state index contributed by atoms with van der Waals surface area (Å²) in [7, 11) is 4.51. The number of hydrogen-bond donors (Lipinski definition) is 0. The molecule has 0 aromatic carbocycles. The third-order valence-corrected chi connectivity index (χ3v) is 5.36. The molecule has 0 aliphatic carbocycles. The number of unbranched alkanes of at least 4 members (excludes halogenated alkanes) is 10. The molecular weight excluding hydrogens is 314 g/mol. The molecule has 1 heteroatoms. The second-order valence-electron chi connectivity index (χ2n) is 8.13. The first-order chi connectivity index (χ1) is 12.7. The van der Waals surface area contributed by atoms with E-state index in [1.807, 2.05) is 0 Å². The van der Waals surface area contributed by atoms with Crippen LogP contribution in [-0.2, 0) is 0 Å². The van der Waals surface area contributed by atoms with Crippen molar-refractivity contribution >= 4 is 0 Å². The molecule has 1 unspecified atom stereocenters. The van der Waals surface area contributed by atoms with Crippen molar-refractivity contribution in [2.75, 3.05) is 14.1 Å². The molecule has 1 atom stereocenters. The van der Waals surface area contributed by atoms with Gasteiger partial charge >= 0.3 is 0 Å². The van der Waals surface area contributed by atoms with Gasteiger partial charge in [-0.2, -0.15) is 0 Å². The summed E-state index contributed by atoms with van der Waals surface area (Å²) in [5, 5.41) is 0. The predicted octanol–water partition coefficient (Wildman–Crippen LogP) is 8.31. The maximum Gasteiger partial charge on any atom is 0.00891 e. The van der Waals surface area contributed by atoms with Crippen LogP contribution in [0.4, 0.5) is 0 Å². The maximum atomic E-state index is 2.44. The molecule has 1 nitrogen and oxygen atoms in total. The quantitative estimate of drug-likeness (QED) is 0.165. The number of allylic oxidation sites excluding steroid dienone is 4. The van der Waals surface area contributed by atoms with E-state index in [2.05, 4.69) is 57.1 Å². The summed E-state index contributed by atoms with van der Waals surface area (Å²) in [6, 6.07) is 0.805. The Labute approximate surface area is 166 Å². The molecule has 0 fully saturated rings.